The maximum absolute atomic E-state index is 4.92. The molecular formula is C45H39IrN12P2-5. The van der Waals surface area contributed by atoms with Crippen LogP contribution < -0.4 is 19.6 Å². The van der Waals surface area contributed by atoms with E-state index in [2.05, 4.69) is 121 Å². The quantitative estimate of drug-likeness (QED) is 0.0864. The van der Waals surface area contributed by atoms with Gasteiger partial charge in [0.05, 0.1) is 6.16 Å². The Morgan fingerprint density at radius 2 is 1.15 bits per heavy atom. The van der Waals surface area contributed by atoms with Crippen LogP contribution in [0.2, 0.25) is 0 Å². The minimum absolute atomic E-state index is 0. The molecule has 4 aromatic heterocycles. The first-order valence-electron chi connectivity index (χ1n) is 19.3. The van der Waals surface area contributed by atoms with Gasteiger partial charge < -0.3 is 24.3 Å². The number of benzene rings is 4. The topological polar surface area (TPSA) is 108 Å². The van der Waals surface area contributed by atoms with E-state index in [1.165, 1.54) is 11.1 Å². The number of hydrogen-bond donors (Lipinski definition) is 0. The van der Waals surface area contributed by atoms with Gasteiger partial charge in [-0.25, -0.2) is 26.1 Å². The second-order valence-corrected chi connectivity index (χ2v) is 17.3. The van der Waals surface area contributed by atoms with E-state index in [0.29, 0.717) is 6.54 Å². The molecule has 2 unspecified atom stereocenters. The summed E-state index contributed by atoms with van der Waals surface area (Å²) in [6.45, 7) is 8.64. The van der Waals surface area contributed by atoms with Crippen molar-refractivity contribution in [2.24, 2.45) is 6.66 Å². The van der Waals surface area contributed by atoms with Crippen LogP contribution in [0.3, 0.4) is 0 Å². The average molecular weight is 1000 g/mol. The number of anilines is 6. The fourth-order valence-electron chi connectivity index (χ4n) is 6.85. The Morgan fingerprint density at radius 1 is 0.633 bits per heavy atom. The van der Waals surface area contributed by atoms with Gasteiger partial charge in [0.15, 0.2) is 0 Å². The molecule has 15 heteroatoms. The van der Waals surface area contributed by atoms with Crippen molar-refractivity contribution in [1.82, 2.24) is 39.4 Å². The van der Waals surface area contributed by atoms with Crippen molar-refractivity contribution in [3.05, 3.63) is 183 Å². The van der Waals surface area contributed by atoms with Crippen LogP contribution in [-0.2, 0) is 39.5 Å². The van der Waals surface area contributed by atoms with Crippen molar-refractivity contribution in [3.8, 4) is 11.0 Å². The Hall–Kier alpha value is -5.83. The number of hydrogen-bond acceptors (Lipinski definition) is 11. The van der Waals surface area contributed by atoms with E-state index in [0.717, 1.165) is 77.7 Å². The molecule has 0 spiro atoms. The van der Waals surface area contributed by atoms with Crippen molar-refractivity contribution in [2.45, 2.75) is 25.5 Å². The zero-order chi connectivity index (χ0) is 39.8. The maximum atomic E-state index is 4.92. The second-order valence-electron chi connectivity index (χ2n) is 13.8. The molecule has 0 fully saturated rings. The van der Waals surface area contributed by atoms with E-state index in [9.17, 15) is 0 Å². The van der Waals surface area contributed by atoms with Crippen molar-refractivity contribution in [2.75, 3.05) is 32.7 Å². The third-order valence-electron chi connectivity index (χ3n) is 9.65. The largest absolute Gasteiger partial charge is 0.485 e. The van der Waals surface area contributed by atoms with Gasteiger partial charge >= 0.3 is 0 Å². The maximum Gasteiger partial charge on any atom is 0.143 e. The van der Waals surface area contributed by atoms with Gasteiger partial charge in [0.2, 0.25) is 0 Å². The number of unbranched alkanes of at least 4 members (excludes halogenated alkanes) is 1. The van der Waals surface area contributed by atoms with E-state index >= 15 is 0 Å². The molecule has 0 aliphatic carbocycles. The molecule has 0 amide bonds. The van der Waals surface area contributed by atoms with Crippen molar-refractivity contribution in [1.29, 1.82) is 0 Å². The molecular weight excluding hydrogens is 963 g/mol. The molecule has 1 radical (unpaired) electrons. The van der Waals surface area contributed by atoms with E-state index in [1.54, 1.807) is 29.5 Å². The summed E-state index contributed by atoms with van der Waals surface area (Å²) in [5.41, 5.74) is 5.20. The summed E-state index contributed by atoms with van der Waals surface area (Å²) in [6.07, 6.45) is 13.1. The number of para-hydroxylation sites is 2. The third kappa shape index (κ3) is 9.46. The monoisotopic (exact) mass is 1000 g/mol. The van der Waals surface area contributed by atoms with Crippen LogP contribution in [0.15, 0.2) is 134 Å². The first-order valence-corrected chi connectivity index (χ1v) is 22.5. The van der Waals surface area contributed by atoms with Crippen LogP contribution in [0.1, 0.15) is 24.0 Å². The normalized spacial score (nSPS) is 13.3. The molecule has 0 saturated heterocycles. The molecule has 2 atom stereocenters. The van der Waals surface area contributed by atoms with Gasteiger partial charge in [-0.15, -0.1) is 29.9 Å². The van der Waals surface area contributed by atoms with Crippen molar-refractivity contribution < 1.29 is 20.1 Å². The van der Waals surface area contributed by atoms with E-state index < -0.39 is 15.4 Å². The fraction of sp³-hybridized carbons (Fsp3) is 0.156. The van der Waals surface area contributed by atoms with Crippen molar-refractivity contribution >= 4 is 50.0 Å². The molecule has 6 heterocycles. The van der Waals surface area contributed by atoms with Gasteiger partial charge in [-0.1, -0.05) is 65.2 Å². The van der Waals surface area contributed by atoms with Crippen LogP contribution in [0.5, 0.6) is 0 Å². The summed E-state index contributed by atoms with van der Waals surface area (Å²) in [6, 6.07) is 43.1. The number of aromatic nitrogens is 8. The summed E-state index contributed by atoms with van der Waals surface area (Å²) in [5.74, 6) is 6.98. The SMILES string of the molecule is Cp1n[p+](Cc2ccccc2)[c-]c1-c1[c-]n(Cc2ccccc2)nn1.[Ir].[c-]1ccccc1N1[CH-]N(CCCCN2[CH-]N(c3[c-]cccc3)c3nccnc32)c2nccnc21. The number of fused-ring (bicyclic) bond motifs is 2. The Morgan fingerprint density at radius 3 is 1.68 bits per heavy atom. The summed E-state index contributed by atoms with van der Waals surface area (Å²) >= 11 is 0. The first-order chi connectivity index (χ1) is 29.2. The number of nitrogens with zero attached hydrogens (tertiary/aromatic N) is 12. The minimum atomic E-state index is -0.593. The third-order valence-corrected chi connectivity index (χ3v) is 13.9. The molecule has 0 saturated carbocycles. The average Bonchev–Trinajstić information content (AvgIpc) is 4.09. The summed E-state index contributed by atoms with van der Waals surface area (Å²) in [5, 5.41) is 9.63. The number of rotatable bonds is 12. The van der Waals surface area contributed by atoms with Gasteiger partial charge in [0.25, 0.3) is 0 Å². The van der Waals surface area contributed by atoms with E-state index in [4.69, 9.17) is 4.51 Å². The molecule has 303 valence electrons. The Labute approximate surface area is 366 Å². The molecule has 60 heavy (non-hydrogen) atoms. The van der Waals surface area contributed by atoms with Gasteiger partial charge in [-0.3, -0.25) is 5.10 Å². The number of aryl methyl sites for hydroxylation is 1. The van der Waals surface area contributed by atoms with Crippen LogP contribution in [0.25, 0.3) is 11.0 Å². The molecule has 12 nitrogen and oxygen atoms in total. The van der Waals surface area contributed by atoms with Gasteiger partial charge in [-0.2, -0.15) is 77.5 Å². The van der Waals surface area contributed by atoms with Gasteiger partial charge in [0.1, 0.15) is 23.3 Å². The Balaban J connectivity index is 0.000000171. The Kier molecular flexibility index (Phi) is 13.3. The summed E-state index contributed by atoms with van der Waals surface area (Å²) in [7, 11) is -1.17. The molecule has 10 rings (SSSR count). The standard InChI is InChI=1S/C26H22N8.C19H17N4P2.Ir/c1-3-9-21(10-4-1)33-19-31(23-25(33)29-15-13-27-23)17-7-8-18-32-20-34(22-11-5-2-6-12-22)26-24(32)28-14-16-30-26;1-24-19(15-25(22-24)14-17-10-6-3-7-11-17)18-13-23(21-20-18)12-16-8-4-2-5-9-16;/h1-6,9,11,13-16,19-20H,7-8,17-18H2;2-11H,12,14H2,1H3;/q-4;-1;. The fourth-order valence-corrected chi connectivity index (χ4v) is 11.2. The predicted molar refractivity (Wildman–Crippen MR) is 234 cm³/mol. The molecule has 2 aliphatic heterocycles. The van der Waals surface area contributed by atoms with Crippen LogP contribution in [0, 0.1) is 37.5 Å². The summed E-state index contributed by atoms with van der Waals surface area (Å²) in [4.78, 5) is 26.7. The molecule has 0 bridgehead atoms. The van der Waals surface area contributed by atoms with Gasteiger partial charge in [-0.05, 0) is 37.1 Å². The minimum Gasteiger partial charge on any atom is -0.485 e. The smallest absolute Gasteiger partial charge is 0.143 e. The van der Waals surface area contributed by atoms with Crippen LogP contribution in [-0.4, -0.2) is 52.5 Å². The second kappa shape index (κ2) is 19.5. The first kappa shape index (κ1) is 40.9. The van der Waals surface area contributed by atoms with Crippen LogP contribution >= 0.6 is 15.4 Å². The molecule has 2 aliphatic rings. The molecule has 0 N–H and O–H groups in total. The molecule has 4 aromatic carbocycles. The van der Waals surface area contributed by atoms with Crippen molar-refractivity contribution in [3.63, 3.8) is 0 Å². The van der Waals surface area contributed by atoms with E-state index in [-0.39, 0.29) is 20.1 Å². The zero-order valence-electron chi connectivity index (χ0n) is 32.7. The summed E-state index contributed by atoms with van der Waals surface area (Å²) < 4.78 is 6.68. The predicted octanol–water partition coefficient (Wildman–Crippen LogP) is 9.33. The van der Waals surface area contributed by atoms with Gasteiger partial charge in [0, 0.05) is 73.5 Å². The van der Waals surface area contributed by atoms with E-state index in [1.807, 2.05) is 82.6 Å². The molecule has 8 aromatic rings. The zero-order valence-corrected chi connectivity index (χ0v) is 36.9. The van der Waals surface area contributed by atoms with Crippen LogP contribution in [0.4, 0.5) is 34.6 Å². The Bertz CT molecular complexity index is 2480.